The number of nitrogens with zero attached hydrogens (tertiary/aromatic N) is 5. The molecule has 108 valence electrons. The molecule has 0 bridgehead atoms. The van der Waals surface area contributed by atoms with Crippen LogP contribution in [0.1, 0.15) is 32.8 Å². The summed E-state index contributed by atoms with van der Waals surface area (Å²) < 4.78 is 1.81. The number of rotatable bonds is 1. The molecule has 0 radical (unpaired) electrons. The Kier molecular flexibility index (Phi) is 3.32. The number of hydrogen-bond acceptors (Lipinski definition) is 4. The molecule has 1 aliphatic rings. The van der Waals surface area contributed by atoms with Crippen molar-refractivity contribution in [1.82, 2.24) is 19.6 Å². The quantitative estimate of drug-likeness (QED) is 0.759. The number of fused-ring (bicyclic) bond motifs is 1. The SMILES string of the molecule is Cc1c(Cl)nc2ncnn2c1N1CC(C)CC(C)C1C. The van der Waals surface area contributed by atoms with E-state index in [1.807, 2.05) is 11.4 Å². The standard InChI is InChI=1S/C14H20ClN5/c1-8-5-9(2)11(4)19(6-8)13-10(3)12(15)18-14-16-7-17-20(13)14/h7-9,11H,5-6H2,1-4H3. The van der Waals surface area contributed by atoms with Gasteiger partial charge in [0.05, 0.1) is 0 Å². The maximum absolute atomic E-state index is 6.27. The Bertz CT molecular complexity index is 638. The van der Waals surface area contributed by atoms with Crippen LogP contribution in [0.25, 0.3) is 5.78 Å². The van der Waals surface area contributed by atoms with Gasteiger partial charge in [0.1, 0.15) is 17.3 Å². The Hall–Kier alpha value is -1.36. The fraction of sp³-hybridized carbons (Fsp3) is 0.643. The topological polar surface area (TPSA) is 46.3 Å². The fourth-order valence-electron chi connectivity index (χ4n) is 3.22. The van der Waals surface area contributed by atoms with Crippen LogP contribution in [0.4, 0.5) is 5.82 Å². The van der Waals surface area contributed by atoms with Gasteiger partial charge in [-0.1, -0.05) is 25.4 Å². The minimum atomic E-state index is 0.454. The Balaban J connectivity index is 2.17. The van der Waals surface area contributed by atoms with E-state index in [1.54, 1.807) is 0 Å². The molecule has 0 aliphatic carbocycles. The molecule has 1 saturated heterocycles. The van der Waals surface area contributed by atoms with E-state index in [4.69, 9.17) is 11.6 Å². The molecule has 0 aromatic carbocycles. The molecule has 20 heavy (non-hydrogen) atoms. The number of piperidine rings is 1. The zero-order chi connectivity index (χ0) is 14.4. The van der Waals surface area contributed by atoms with Crippen molar-refractivity contribution >= 4 is 23.2 Å². The smallest absolute Gasteiger partial charge is 0.255 e. The Morgan fingerprint density at radius 2 is 2.05 bits per heavy atom. The average molecular weight is 294 g/mol. The molecule has 0 N–H and O–H groups in total. The lowest BCUT2D eigenvalue weighted by atomic mass is 9.86. The first-order valence-corrected chi connectivity index (χ1v) is 7.49. The van der Waals surface area contributed by atoms with Gasteiger partial charge in [0, 0.05) is 18.2 Å². The van der Waals surface area contributed by atoms with Crippen molar-refractivity contribution in [3.63, 3.8) is 0 Å². The van der Waals surface area contributed by atoms with Crippen LogP contribution in [0, 0.1) is 18.8 Å². The van der Waals surface area contributed by atoms with Crippen molar-refractivity contribution in [2.45, 2.75) is 40.2 Å². The van der Waals surface area contributed by atoms with Crippen LogP contribution in [-0.4, -0.2) is 32.2 Å². The van der Waals surface area contributed by atoms with Crippen LogP contribution in [-0.2, 0) is 0 Å². The molecule has 3 rings (SSSR count). The van der Waals surface area contributed by atoms with E-state index in [-0.39, 0.29) is 0 Å². The third kappa shape index (κ3) is 2.04. The fourth-order valence-corrected chi connectivity index (χ4v) is 3.38. The Morgan fingerprint density at radius 1 is 1.30 bits per heavy atom. The van der Waals surface area contributed by atoms with Gasteiger partial charge in [0.15, 0.2) is 0 Å². The molecule has 3 unspecified atom stereocenters. The van der Waals surface area contributed by atoms with Crippen LogP contribution >= 0.6 is 11.6 Å². The maximum Gasteiger partial charge on any atom is 0.255 e. The molecule has 2 aromatic rings. The van der Waals surface area contributed by atoms with E-state index < -0.39 is 0 Å². The maximum atomic E-state index is 6.27. The van der Waals surface area contributed by atoms with Gasteiger partial charge in [-0.25, -0.2) is 0 Å². The summed E-state index contributed by atoms with van der Waals surface area (Å²) in [5.41, 5.74) is 0.970. The van der Waals surface area contributed by atoms with Gasteiger partial charge >= 0.3 is 0 Å². The van der Waals surface area contributed by atoms with E-state index >= 15 is 0 Å². The molecule has 0 spiro atoms. The van der Waals surface area contributed by atoms with Crippen LogP contribution in [0.2, 0.25) is 5.15 Å². The molecule has 1 fully saturated rings. The largest absolute Gasteiger partial charge is 0.353 e. The van der Waals surface area contributed by atoms with Crippen molar-refractivity contribution < 1.29 is 0 Å². The van der Waals surface area contributed by atoms with Gasteiger partial charge in [-0.05, 0) is 32.1 Å². The first-order chi connectivity index (χ1) is 9.49. The molecular weight excluding hydrogens is 274 g/mol. The predicted octanol–water partition coefficient (Wildman–Crippen LogP) is 2.96. The van der Waals surface area contributed by atoms with Crippen molar-refractivity contribution in [2.75, 3.05) is 11.4 Å². The predicted molar refractivity (Wildman–Crippen MR) is 80.3 cm³/mol. The number of hydrogen-bond donors (Lipinski definition) is 0. The minimum absolute atomic E-state index is 0.454. The Morgan fingerprint density at radius 3 is 2.80 bits per heavy atom. The van der Waals surface area contributed by atoms with Crippen LogP contribution in [0.15, 0.2) is 6.33 Å². The van der Waals surface area contributed by atoms with Crippen molar-refractivity contribution in [1.29, 1.82) is 0 Å². The number of aromatic nitrogens is 4. The third-order valence-corrected chi connectivity index (χ3v) is 4.81. The highest BCUT2D eigenvalue weighted by atomic mass is 35.5. The molecule has 5 nitrogen and oxygen atoms in total. The highest BCUT2D eigenvalue weighted by molar-refractivity contribution is 6.30. The van der Waals surface area contributed by atoms with Gasteiger partial charge in [0.2, 0.25) is 0 Å². The van der Waals surface area contributed by atoms with E-state index in [0.29, 0.717) is 28.8 Å². The molecule has 3 heterocycles. The van der Waals surface area contributed by atoms with Gasteiger partial charge in [-0.3, -0.25) is 0 Å². The molecule has 3 atom stereocenters. The van der Waals surface area contributed by atoms with E-state index in [1.165, 1.54) is 12.7 Å². The van der Waals surface area contributed by atoms with Crippen LogP contribution in [0.3, 0.4) is 0 Å². The molecule has 1 aliphatic heterocycles. The first kappa shape index (κ1) is 13.6. The molecule has 2 aromatic heterocycles. The van der Waals surface area contributed by atoms with Crippen molar-refractivity contribution in [3.8, 4) is 0 Å². The van der Waals surface area contributed by atoms with Gasteiger partial charge < -0.3 is 4.90 Å². The van der Waals surface area contributed by atoms with E-state index in [2.05, 4.69) is 40.7 Å². The lowest BCUT2D eigenvalue weighted by Crippen LogP contribution is -2.47. The lowest BCUT2D eigenvalue weighted by molar-refractivity contribution is 0.294. The summed E-state index contributed by atoms with van der Waals surface area (Å²) in [5, 5.41) is 4.84. The zero-order valence-corrected chi connectivity index (χ0v) is 13.1. The summed E-state index contributed by atoms with van der Waals surface area (Å²) in [6.07, 6.45) is 2.79. The molecule has 0 saturated carbocycles. The summed E-state index contributed by atoms with van der Waals surface area (Å²) in [5.74, 6) is 2.90. The summed E-state index contributed by atoms with van der Waals surface area (Å²) in [7, 11) is 0. The van der Waals surface area contributed by atoms with Crippen LogP contribution in [0.5, 0.6) is 0 Å². The second kappa shape index (κ2) is 4.88. The molecule has 6 heteroatoms. The number of anilines is 1. The van der Waals surface area contributed by atoms with E-state index in [0.717, 1.165) is 17.9 Å². The van der Waals surface area contributed by atoms with Crippen molar-refractivity contribution in [2.24, 2.45) is 11.8 Å². The molecule has 0 amide bonds. The minimum Gasteiger partial charge on any atom is -0.353 e. The second-order valence-electron chi connectivity index (χ2n) is 6.03. The van der Waals surface area contributed by atoms with Crippen LogP contribution < -0.4 is 4.90 Å². The normalized spacial score (nSPS) is 27.2. The molecular formula is C14H20ClN5. The van der Waals surface area contributed by atoms with Gasteiger partial charge in [-0.15, -0.1) is 0 Å². The van der Waals surface area contributed by atoms with Gasteiger partial charge in [-0.2, -0.15) is 19.6 Å². The Labute approximate surface area is 124 Å². The second-order valence-corrected chi connectivity index (χ2v) is 6.39. The highest BCUT2D eigenvalue weighted by Crippen LogP contribution is 2.34. The highest BCUT2D eigenvalue weighted by Gasteiger charge is 2.32. The van der Waals surface area contributed by atoms with E-state index in [9.17, 15) is 0 Å². The summed E-state index contributed by atoms with van der Waals surface area (Å²) in [4.78, 5) is 10.9. The lowest BCUT2D eigenvalue weighted by Gasteiger charge is -2.42. The number of halogens is 1. The zero-order valence-electron chi connectivity index (χ0n) is 12.3. The average Bonchev–Trinajstić information content (AvgIpc) is 2.83. The van der Waals surface area contributed by atoms with Gasteiger partial charge in [0.25, 0.3) is 5.78 Å². The summed E-state index contributed by atoms with van der Waals surface area (Å²) >= 11 is 6.27. The van der Waals surface area contributed by atoms with Crippen molar-refractivity contribution in [3.05, 3.63) is 17.0 Å². The third-order valence-electron chi connectivity index (χ3n) is 4.44. The first-order valence-electron chi connectivity index (χ1n) is 7.11. The summed E-state index contributed by atoms with van der Waals surface area (Å²) in [6, 6.07) is 0.454. The monoisotopic (exact) mass is 293 g/mol. The summed E-state index contributed by atoms with van der Waals surface area (Å²) in [6.45, 7) is 9.90.